The van der Waals surface area contributed by atoms with E-state index in [1.807, 2.05) is 19.9 Å². The molecule has 0 radical (unpaired) electrons. The van der Waals surface area contributed by atoms with E-state index in [9.17, 15) is 9.11 Å². The standard InChI is InChI=1S/C23H27FN4O4S/c1-21(2)11-18-23(13-31-21,28-20(26)22(3,4)33(18,29)30)16-10-15(5-6-17(16)24)32-19-9-14(12-25)7-8-27-19/h5-10,18,29-30H,11,13H2,1-4H3,(H2,26,28)/t18-,23-/m1/s1. The van der Waals surface area contributed by atoms with Gasteiger partial charge in [0.1, 0.15) is 27.7 Å². The highest BCUT2D eigenvalue weighted by Crippen LogP contribution is 2.67. The average Bonchev–Trinajstić information content (AvgIpc) is 2.75. The number of fused-ring (bicyclic) bond motifs is 1. The van der Waals surface area contributed by atoms with Crippen molar-refractivity contribution in [2.75, 3.05) is 6.61 Å². The highest BCUT2D eigenvalue weighted by molar-refractivity contribution is 8.26. The Morgan fingerprint density at radius 3 is 2.67 bits per heavy atom. The van der Waals surface area contributed by atoms with Crippen LogP contribution in [0, 0.1) is 17.1 Å². The fraction of sp³-hybridized carbons (Fsp3) is 0.435. The van der Waals surface area contributed by atoms with Crippen molar-refractivity contribution in [2.45, 2.75) is 55.3 Å². The minimum atomic E-state index is -3.38. The molecule has 4 rings (SSSR count). The lowest BCUT2D eigenvalue weighted by Crippen LogP contribution is -2.63. The number of hydrogen-bond acceptors (Lipinski definition) is 8. The Balaban J connectivity index is 1.86. The van der Waals surface area contributed by atoms with Crippen LogP contribution in [0.3, 0.4) is 0 Å². The molecule has 0 spiro atoms. The molecule has 1 aromatic heterocycles. The Labute approximate surface area is 193 Å². The molecule has 2 aliphatic rings. The van der Waals surface area contributed by atoms with Crippen LogP contribution >= 0.6 is 10.6 Å². The molecule has 0 bridgehead atoms. The zero-order valence-corrected chi connectivity index (χ0v) is 19.7. The normalized spacial score (nSPS) is 28.1. The SMILES string of the molecule is CC1(C)C[C@@H]2[C@](c3cc(Oc4cc(C#N)ccn4)ccc3F)(CO1)N=C(N)C(C)(C)S2(O)O. The summed E-state index contributed by atoms with van der Waals surface area (Å²) in [7, 11) is -3.38. The van der Waals surface area contributed by atoms with Crippen LogP contribution in [0.5, 0.6) is 11.6 Å². The highest BCUT2D eigenvalue weighted by Gasteiger charge is 2.62. The number of rotatable bonds is 3. The lowest BCUT2D eigenvalue weighted by molar-refractivity contribution is -0.0868. The van der Waals surface area contributed by atoms with Gasteiger partial charge in [0.2, 0.25) is 5.88 Å². The van der Waals surface area contributed by atoms with E-state index >= 15 is 4.39 Å². The Kier molecular flexibility index (Phi) is 5.45. The molecule has 1 aromatic carbocycles. The van der Waals surface area contributed by atoms with Crippen LogP contribution in [0.4, 0.5) is 4.39 Å². The van der Waals surface area contributed by atoms with Crippen molar-refractivity contribution in [1.82, 2.24) is 4.98 Å². The summed E-state index contributed by atoms with van der Waals surface area (Å²) in [5.74, 6) is -0.155. The molecule has 0 amide bonds. The minimum absolute atomic E-state index is 0.0242. The van der Waals surface area contributed by atoms with Crippen molar-refractivity contribution in [3.05, 3.63) is 53.5 Å². The summed E-state index contributed by atoms with van der Waals surface area (Å²) in [5.41, 5.74) is 4.58. The minimum Gasteiger partial charge on any atom is -0.439 e. The van der Waals surface area contributed by atoms with Gasteiger partial charge >= 0.3 is 0 Å². The van der Waals surface area contributed by atoms with Crippen LogP contribution in [0.25, 0.3) is 0 Å². The second kappa shape index (κ2) is 7.67. The van der Waals surface area contributed by atoms with Crippen LogP contribution in [0.2, 0.25) is 0 Å². The van der Waals surface area contributed by atoms with Crippen molar-refractivity contribution >= 4 is 16.4 Å². The van der Waals surface area contributed by atoms with E-state index in [0.29, 0.717) is 5.56 Å². The molecule has 4 N–H and O–H groups in total. The van der Waals surface area contributed by atoms with Gasteiger partial charge in [-0.25, -0.2) is 9.37 Å². The van der Waals surface area contributed by atoms with E-state index in [-0.39, 0.29) is 36.1 Å². The van der Waals surface area contributed by atoms with E-state index in [1.165, 1.54) is 30.5 Å². The first-order valence-corrected chi connectivity index (χ1v) is 12.0. The van der Waals surface area contributed by atoms with E-state index < -0.39 is 37.5 Å². The van der Waals surface area contributed by atoms with Crippen molar-refractivity contribution in [3.63, 3.8) is 0 Å². The molecule has 2 atom stereocenters. The molecular weight excluding hydrogens is 447 g/mol. The van der Waals surface area contributed by atoms with Crippen LogP contribution < -0.4 is 10.5 Å². The first-order chi connectivity index (χ1) is 15.3. The molecule has 176 valence electrons. The smallest absolute Gasteiger partial charge is 0.220 e. The number of aromatic nitrogens is 1. The number of amidine groups is 1. The summed E-state index contributed by atoms with van der Waals surface area (Å²) >= 11 is 0. The lowest BCUT2D eigenvalue weighted by atomic mass is 9.79. The Hall–Kier alpha value is -2.71. The van der Waals surface area contributed by atoms with Crippen LogP contribution in [0.15, 0.2) is 41.5 Å². The zero-order valence-electron chi connectivity index (χ0n) is 18.9. The van der Waals surface area contributed by atoms with Gasteiger partial charge in [-0.2, -0.15) is 15.9 Å². The number of aliphatic imine (C=N–C) groups is 1. The number of pyridine rings is 1. The molecule has 8 nitrogen and oxygen atoms in total. The fourth-order valence-electron chi connectivity index (χ4n) is 4.29. The van der Waals surface area contributed by atoms with Gasteiger partial charge in [0.05, 0.1) is 29.1 Å². The number of nitrogens with two attached hydrogens (primary N) is 1. The first-order valence-electron chi connectivity index (χ1n) is 10.4. The van der Waals surface area contributed by atoms with E-state index in [1.54, 1.807) is 19.9 Å². The predicted octanol–water partition coefficient (Wildman–Crippen LogP) is 4.55. The maximum atomic E-state index is 15.3. The van der Waals surface area contributed by atoms with Gasteiger partial charge in [0.25, 0.3) is 0 Å². The highest BCUT2D eigenvalue weighted by atomic mass is 32.3. The topological polar surface area (TPSA) is 134 Å². The maximum absolute atomic E-state index is 15.3. The number of hydrogen-bond donors (Lipinski definition) is 3. The molecule has 2 aliphatic heterocycles. The van der Waals surface area contributed by atoms with Gasteiger partial charge < -0.3 is 15.2 Å². The third kappa shape index (κ3) is 3.75. The molecule has 1 fully saturated rings. The van der Waals surface area contributed by atoms with Crippen molar-refractivity contribution < 1.29 is 23.0 Å². The monoisotopic (exact) mass is 474 g/mol. The van der Waals surface area contributed by atoms with Gasteiger partial charge in [0.15, 0.2) is 0 Å². The molecule has 33 heavy (non-hydrogen) atoms. The van der Waals surface area contributed by atoms with E-state index in [2.05, 4.69) is 9.98 Å². The second-order valence-electron chi connectivity index (χ2n) is 9.50. The van der Waals surface area contributed by atoms with Gasteiger partial charge in [-0.15, -0.1) is 0 Å². The Morgan fingerprint density at radius 2 is 1.97 bits per heavy atom. The quantitative estimate of drug-likeness (QED) is 0.594. The molecule has 10 heteroatoms. The van der Waals surface area contributed by atoms with Crippen molar-refractivity contribution in [2.24, 2.45) is 10.7 Å². The van der Waals surface area contributed by atoms with Gasteiger partial charge in [-0.1, -0.05) is 0 Å². The summed E-state index contributed by atoms with van der Waals surface area (Å²) in [6.07, 6.45) is 1.68. The average molecular weight is 475 g/mol. The molecule has 1 saturated heterocycles. The summed E-state index contributed by atoms with van der Waals surface area (Å²) in [5, 5.41) is 8.26. The number of nitrogens with zero attached hydrogens (tertiary/aromatic N) is 3. The molecule has 3 heterocycles. The largest absolute Gasteiger partial charge is 0.439 e. The number of ether oxygens (including phenoxy) is 2. The van der Waals surface area contributed by atoms with E-state index in [4.69, 9.17) is 20.5 Å². The Morgan fingerprint density at radius 1 is 1.24 bits per heavy atom. The third-order valence-corrected chi connectivity index (χ3v) is 9.53. The molecule has 2 aromatic rings. The van der Waals surface area contributed by atoms with Crippen LogP contribution in [-0.4, -0.2) is 42.1 Å². The van der Waals surface area contributed by atoms with Crippen LogP contribution in [-0.2, 0) is 10.3 Å². The second-order valence-corrected chi connectivity index (χ2v) is 12.3. The number of halogens is 1. The summed E-state index contributed by atoms with van der Waals surface area (Å²) < 4.78 is 48.7. The van der Waals surface area contributed by atoms with Crippen LogP contribution in [0.1, 0.15) is 45.2 Å². The number of benzene rings is 1. The summed E-state index contributed by atoms with van der Waals surface area (Å²) in [6, 6.07) is 9.12. The van der Waals surface area contributed by atoms with E-state index in [0.717, 1.165) is 0 Å². The first kappa shape index (κ1) is 23.4. The molecule has 0 unspecified atom stereocenters. The maximum Gasteiger partial charge on any atom is 0.220 e. The fourth-order valence-corrected chi connectivity index (χ4v) is 6.78. The van der Waals surface area contributed by atoms with Gasteiger partial charge in [0, 0.05) is 17.8 Å². The Bertz CT molecular complexity index is 1180. The molecule has 0 saturated carbocycles. The zero-order chi connectivity index (χ0) is 24.2. The third-order valence-electron chi connectivity index (χ3n) is 6.47. The van der Waals surface area contributed by atoms with Gasteiger partial charge in [-0.3, -0.25) is 14.1 Å². The van der Waals surface area contributed by atoms with Gasteiger partial charge in [-0.05, 0) is 58.4 Å². The summed E-state index contributed by atoms with van der Waals surface area (Å²) in [6.45, 7) is 6.89. The number of nitriles is 1. The molecular formula is C23H27FN4O4S. The summed E-state index contributed by atoms with van der Waals surface area (Å²) in [4.78, 5) is 8.76. The predicted molar refractivity (Wildman–Crippen MR) is 124 cm³/mol. The molecule has 0 aliphatic carbocycles. The van der Waals surface area contributed by atoms with Crippen molar-refractivity contribution in [1.29, 1.82) is 5.26 Å². The van der Waals surface area contributed by atoms with Crippen molar-refractivity contribution in [3.8, 4) is 17.7 Å². The lowest BCUT2D eigenvalue weighted by Gasteiger charge is -2.62.